The van der Waals surface area contributed by atoms with Crippen LogP contribution in [0.3, 0.4) is 0 Å². The molecule has 2 aromatic carbocycles. The first-order valence-corrected chi connectivity index (χ1v) is 12.3. The van der Waals surface area contributed by atoms with E-state index in [1.165, 1.54) is 24.5 Å². The van der Waals surface area contributed by atoms with Crippen molar-refractivity contribution in [2.24, 2.45) is 0 Å². The molecule has 6 heterocycles. The Morgan fingerprint density at radius 2 is 1.72 bits per heavy atom. The van der Waals surface area contributed by atoms with Crippen molar-refractivity contribution in [1.82, 2.24) is 14.9 Å². The SMILES string of the molecule is O=C(O)C[C@@H]1c2cnc(nc2)OCC/C=C/Cc2c(F)c(F)c(c(F)c2F)C(=O)N2CCc3ccc1cc3C2. The number of aromatic nitrogens is 2. The van der Waals surface area contributed by atoms with Gasteiger partial charge in [-0.3, -0.25) is 9.59 Å². The number of ether oxygens (including phenoxy) is 1. The summed E-state index contributed by atoms with van der Waals surface area (Å²) in [6.45, 7) is 0.0967. The molecule has 1 aromatic heterocycles. The van der Waals surface area contributed by atoms with Crippen molar-refractivity contribution in [2.75, 3.05) is 13.2 Å². The summed E-state index contributed by atoms with van der Waals surface area (Å²) < 4.78 is 65.0. The van der Waals surface area contributed by atoms with Gasteiger partial charge in [-0.1, -0.05) is 30.4 Å². The van der Waals surface area contributed by atoms with E-state index in [-0.39, 0.29) is 38.5 Å². The van der Waals surface area contributed by atoms with Gasteiger partial charge in [0.1, 0.15) is 5.56 Å². The molecule has 3 aromatic rings. The Labute approximate surface area is 220 Å². The van der Waals surface area contributed by atoms with E-state index >= 15 is 0 Å². The van der Waals surface area contributed by atoms with Crippen molar-refractivity contribution < 1.29 is 37.0 Å². The topological polar surface area (TPSA) is 92.6 Å². The number of rotatable bonds is 2. The number of benzene rings is 2. The molecule has 0 aliphatic carbocycles. The highest BCUT2D eigenvalue weighted by Crippen LogP contribution is 2.32. The minimum absolute atomic E-state index is 0.0588. The number of halogens is 4. The van der Waals surface area contributed by atoms with Crippen molar-refractivity contribution in [3.05, 3.63) is 99.4 Å². The van der Waals surface area contributed by atoms with Gasteiger partial charge in [-0.25, -0.2) is 27.5 Å². The molecule has 39 heavy (non-hydrogen) atoms. The van der Waals surface area contributed by atoms with Crippen LogP contribution in [0.2, 0.25) is 0 Å². The first-order valence-electron chi connectivity index (χ1n) is 12.3. The van der Waals surface area contributed by atoms with Crippen LogP contribution in [0.15, 0.2) is 42.7 Å². The normalized spacial score (nSPS) is 18.1. The molecule has 0 spiro atoms. The average Bonchev–Trinajstić information content (AvgIpc) is 2.93. The molecular weight excluding hydrogens is 518 g/mol. The van der Waals surface area contributed by atoms with E-state index in [1.54, 1.807) is 18.2 Å². The number of allylic oxidation sites excluding steroid dienone is 1. The number of hydrogen-bond donors (Lipinski definition) is 1. The average molecular weight is 542 g/mol. The first kappa shape index (κ1) is 26.3. The molecule has 5 aliphatic heterocycles. The fraction of sp³-hybridized carbons (Fsp3) is 0.286. The highest BCUT2D eigenvalue weighted by molar-refractivity contribution is 5.95. The lowest BCUT2D eigenvalue weighted by Crippen LogP contribution is -2.37. The van der Waals surface area contributed by atoms with Gasteiger partial charge < -0.3 is 14.7 Å². The predicted molar refractivity (Wildman–Crippen MR) is 130 cm³/mol. The van der Waals surface area contributed by atoms with E-state index in [4.69, 9.17) is 4.74 Å². The zero-order chi connectivity index (χ0) is 27.7. The maximum Gasteiger partial charge on any atom is 0.316 e. The molecule has 0 unspecified atom stereocenters. The molecule has 0 saturated carbocycles. The standard InChI is InChI=1S/C28H23F4N3O4/c29-23-19-4-2-1-3-9-39-28-33-12-18(13-34-28)20(11-21(36)37)16-6-5-15-7-8-35(14-17(15)10-16)27(38)22(25(23)31)26(32)24(19)30/h1-2,5-6,10,12-13,20H,3-4,7-9,11,14H2,(H,36,37)/b2-1+/t20-/m0/s1. The van der Waals surface area contributed by atoms with Gasteiger partial charge in [0.05, 0.1) is 13.0 Å². The lowest BCUT2D eigenvalue weighted by Gasteiger charge is -2.30. The fourth-order valence-electron chi connectivity index (χ4n) is 4.89. The number of aliphatic carboxylic acids is 1. The molecular formula is C28H23F4N3O4. The van der Waals surface area contributed by atoms with Crippen molar-refractivity contribution in [3.8, 4) is 6.01 Å². The van der Waals surface area contributed by atoms with Gasteiger partial charge in [-0.05, 0) is 41.5 Å². The molecule has 1 amide bonds. The van der Waals surface area contributed by atoms with Crippen LogP contribution in [-0.4, -0.2) is 45.0 Å². The Balaban J connectivity index is 1.59. The van der Waals surface area contributed by atoms with Gasteiger partial charge in [0, 0.05) is 37.0 Å². The number of nitrogens with zero attached hydrogens (tertiary/aromatic N) is 3. The lowest BCUT2D eigenvalue weighted by atomic mass is 9.87. The van der Waals surface area contributed by atoms with Gasteiger partial charge in [0.25, 0.3) is 5.91 Å². The molecule has 0 radical (unpaired) electrons. The minimum Gasteiger partial charge on any atom is -0.481 e. The van der Waals surface area contributed by atoms with Gasteiger partial charge in [0.2, 0.25) is 0 Å². The largest absolute Gasteiger partial charge is 0.481 e. The molecule has 11 heteroatoms. The third-order valence-corrected chi connectivity index (χ3v) is 6.93. The number of carboxylic acids is 1. The zero-order valence-corrected chi connectivity index (χ0v) is 20.6. The molecule has 5 aliphatic rings. The molecule has 7 nitrogen and oxygen atoms in total. The van der Waals surface area contributed by atoms with E-state index in [1.807, 2.05) is 0 Å². The van der Waals surface area contributed by atoms with Crippen molar-refractivity contribution >= 4 is 11.9 Å². The van der Waals surface area contributed by atoms with Crippen molar-refractivity contribution in [3.63, 3.8) is 0 Å². The van der Waals surface area contributed by atoms with E-state index in [2.05, 4.69) is 9.97 Å². The zero-order valence-electron chi connectivity index (χ0n) is 20.6. The van der Waals surface area contributed by atoms with Crippen LogP contribution in [0, 0.1) is 23.3 Å². The molecule has 8 rings (SSSR count). The highest BCUT2D eigenvalue weighted by Gasteiger charge is 2.33. The van der Waals surface area contributed by atoms with E-state index in [9.17, 15) is 32.3 Å². The van der Waals surface area contributed by atoms with Gasteiger partial charge in [-0.15, -0.1) is 0 Å². The van der Waals surface area contributed by atoms with Crippen LogP contribution in [-0.2, 0) is 24.2 Å². The van der Waals surface area contributed by atoms with Crippen LogP contribution in [0.25, 0.3) is 0 Å². The maximum atomic E-state index is 15.0. The highest BCUT2D eigenvalue weighted by atomic mass is 19.2. The number of carbonyl (C=O) groups excluding carboxylic acids is 1. The van der Waals surface area contributed by atoms with E-state index in [0.29, 0.717) is 23.1 Å². The molecule has 1 atom stereocenters. The number of carboxylic acid groups (broad SMARTS) is 1. The molecule has 0 saturated heterocycles. The minimum atomic E-state index is -1.74. The van der Waals surface area contributed by atoms with Crippen LogP contribution in [0.4, 0.5) is 17.6 Å². The molecule has 0 fully saturated rings. The smallest absolute Gasteiger partial charge is 0.316 e. The van der Waals surface area contributed by atoms with E-state index < -0.39 is 58.6 Å². The first-order chi connectivity index (χ1) is 18.7. The summed E-state index contributed by atoms with van der Waals surface area (Å²) in [5, 5.41) is 9.55. The van der Waals surface area contributed by atoms with Gasteiger partial charge >= 0.3 is 12.0 Å². The second-order valence-electron chi connectivity index (χ2n) is 9.38. The Bertz CT molecular complexity index is 1450. The van der Waals surface area contributed by atoms with Gasteiger partial charge in [-0.2, -0.15) is 0 Å². The monoisotopic (exact) mass is 541 g/mol. The van der Waals surface area contributed by atoms with Crippen LogP contribution >= 0.6 is 0 Å². The van der Waals surface area contributed by atoms with E-state index in [0.717, 1.165) is 10.5 Å². The Hall–Kier alpha value is -4.28. The Kier molecular flexibility index (Phi) is 7.32. The maximum absolute atomic E-state index is 15.0. The molecule has 7 bridgehead atoms. The summed E-state index contributed by atoms with van der Waals surface area (Å²) in [6, 6.07) is 5.36. The number of hydrogen-bond acceptors (Lipinski definition) is 5. The summed E-state index contributed by atoms with van der Waals surface area (Å²) in [6.07, 6.45) is 5.75. The molecule has 202 valence electrons. The van der Waals surface area contributed by atoms with Crippen LogP contribution in [0.5, 0.6) is 6.01 Å². The summed E-state index contributed by atoms with van der Waals surface area (Å²) in [5.41, 5.74) is 0.527. The van der Waals surface area contributed by atoms with Crippen LogP contribution < -0.4 is 4.74 Å². The second kappa shape index (κ2) is 10.8. The number of amides is 1. The third-order valence-electron chi connectivity index (χ3n) is 6.93. The second-order valence-corrected chi connectivity index (χ2v) is 9.38. The summed E-state index contributed by atoms with van der Waals surface area (Å²) >= 11 is 0. The third kappa shape index (κ3) is 5.21. The van der Waals surface area contributed by atoms with Crippen molar-refractivity contribution in [2.45, 2.75) is 38.1 Å². The summed E-state index contributed by atoms with van der Waals surface area (Å²) in [5.74, 6) is -9.56. The van der Waals surface area contributed by atoms with Crippen LogP contribution in [0.1, 0.15) is 56.9 Å². The van der Waals surface area contributed by atoms with Gasteiger partial charge in [0.15, 0.2) is 23.3 Å². The Morgan fingerprint density at radius 3 is 2.41 bits per heavy atom. The lowest BCUT2D eigenvalue weighted by molar-refractivity contribution is -0.137. The fourth-order valence-corrected chi connectivity index (χ4v) is 4.89. The summed E-state index contributed by atoms with van der Waals surface area (Å²) in [4.78, 5) is 34.3. The van der Waals surface area contributed by atoms with Crippen molar-refractivity contribution in [1.29, 1.82) is 0 Å². The number of carbonyl (C=O) groups is 2. The molecule has 1 N–H and O–H groups in total. The predicted octanol–water partition coefficient (Wildman–Crippen LogP) is 4.72. The quantitative estimate of drug-likeness (QED) is 0.287. The Morgan fingerprint density at radius 1 is 1.00 bits per heavy atom. The summed E-state index contributed by atoms with van der Waals surface area (Å²) in [7, 11) is 0.